The zero-order valence-corrected chi connectivity index (χ0v) is 6.71. The van der Waals surface area contributed by atoms with Gasteiger partial charge < -0.3 is 10.0 Å². The molecular weight excluding hydrogens is 126 g/mol. The number of rotatable bonds is 3. The summed E-state index contributed by atoms with van der Waals surface area (Å²) < 4.78 is 0. The van der Waals surface area contributed by atoms with Crippen LogP contribution in [0.25, 0.3) is 0 Å². The van der Waals surface area contributed by atoms with Crippen molar-refractivity contribution < 1.29 is 5.11 Å². The highest BCUT2D eigenvalue weighted by Gasteiger charge is 2.18. The molecule has 0 atom stereocenters. The van der Waals surface area contributed by atoms with Crippen LogP contribution in [0.15, 0.2) is 0 Å². The highest BCUT2D eigenvalue weighted by atomic mass is 16.3. The number of hydrogen-bond donors (Lipinski definition) is 1. The van der Waals surface area contributed by atoms with E-state index in [0.29, 0.717) is 6.61 Å². The van der Waals surface area contributed by atoms with E-state index in [1.807, 2.05) is 0 Å². The van der Waals surface area contributed by atoms with Gasteiger partial charge in [-0.25, -0.2) is 0 Å². The van der Waals surface area contributed by atoms with Crippen molar-refractivity contribution in [2.75, 3.05) is 20.2 Å². The van der Waals surface area contributed by atoms with Crippen molar-refractivity contribution in [3.8, 4) is 0 Å². The highest BCUT2D eigenvalue weighted by Crippen LogP contribution is 2.21. The second kappa shape index (κ2) is 3.94. The lowest BCUT2D eigenvalue weighted by atomic mass is 10.2. The molecule has 0 heterocycles. The SMILES string of the molecule is CN(CCO)C1CCCC1. The van der Waals surface area contributed by atoms with Crippen molar-refractivity contribution in [2.24, 2.45) is 0 Å². The Morgan fingerprint density at radius 2 is 2.00 bits per heavy atom. The molecule has 60 valence electrons. The topological polar surface area (TPSA) is 23.5 Å². The van der Waals surface area contributed by atoms with Crippen LogP contribution in [-0.4, -0.2) is 36.2 Å². The molecule has 0 amide bonds. The fraction of sp³-hybridized carbons (Fsp3) is 1.00. The summed E-state index contributed by atoms with van der Waals surface area (Å²) in [7, 11) is 2.10. The zero-order valence-electron chi connectivity index (χ0n) is 6.71. The van der Waals surface area contributed by atoms with Crippen LogP contribution in [0.3, 0.4) is 0 Å². The Labute approximate surface area is 62.8 Å². The Morgan fingerprint density at radius 1 is 1.40 bits per heavy atom. The third-order valence-corrected chi connectivity index (χ3v) is 2.40. The van der Waals surface area contributed by atoms with Crippen molar-refractivity contribution in [3.63, 3.8) is 0 Å². The number of hydrogen-bond acceptors (Lipinski definition) is 2. The Morgan fingerprint density at radius 3 is 2.50 bits per heavy atom. The van der Waals surface area contributed by atoms with E-state index in [1.165, 1.54) is 25.7 Å². The van der Waals surface area contributed by atoms with Crippen LogP contribution in [0, 0.1) is 0 Å². The number of aliphatic hydroxyl groups excluding tert-OH is 1. The largest absolute Gasteiger partial charge is 0.395 e. The molecule has 0 bridgehead atoms. The Balaban J connectivity index is 2.18. The van der Waals surface area contributed by atoms with Crippen LogP contribution < -0.4 is 0 Å². The molecule has 0 spiro atoms. The van der Waals surface area contributed by atoms with E-state index in [2.05, 4.69) is 11.9 Å². The predicted octanol–water partition coefficient (Wildman–Crippen LogP) is 0.853. The lowest BCUT2D eigenvalue weighted by Crippen LogP contribution is -2.31. The average molecular weight is 143 g/mol. The van der Waals surface area contributed by atoms with Gasteiger partial charge in [0.1, 0.15) is 0 Å². The smallest absolute Gasteiger partial charge is 0.0558 e. The van der Waals surface area contributed by atoms with Crippen molar-refractivity contribution in [2.45, 2.75) is 31.7 Å². The van der Waals surface area contributed by atoms with E-state index >= 15 is 0 Å². The van der Waals surface area contributed by atoms with Crippen molar-refractivity contribution in [3.05, 3.63) is 0 Å². The fourth-order valence-corrected chi connectivity index (χ4v) is 1.69. The normalized spacial score (nSPS) is 20.7. The van der Waals surface area contributed by atoms with Gasteiger partial charge in [0, 0.05) is 12.6 Å². The Bertz CT molecular complexity index is 89.3. The molecule has 1 rings (SSSR count). The van der Waals surface area contributed by atoms with Crippen LogP contribution in [0.5, 0.6) is 0 Å². The summed E-state index contributed by atoms with van der Waals surface area (Å²) in [6, 6.07) is 0.757. The lowest BCUT2D eigenvalue weighted by molar-refractivity contribution is 0.181. The van der Waals surface area contributed by atoms with E-state index < -0.39 is 0 Å². The van der Waals surface area contributed by atoms with Gasteiger partial charge >= 0.3 is 0 Å². The van der Waals surface area contributed by atoms with E-state index in [4.69, 9.17) is 5.11 Å². The quantitative estimate of drug-likeness (QED) is 0.633. The minimum atomic E-state index is 0.299. The van der Waals surface area contributed by atoms with Gasteiger partial charge in [-0.15, -0.1) is 0 Å². The molecule has 2 heteroatoms. The molecule has 1 fully saturated rings. The lowest BCUT2D eigenvalue weighted by Gasteiger charge is -2.22. The third kappa shape index (κ3) is 1.96. The molecule has 0 radical (unpaired) electrons. The van der Waals surface area contributed by atoms with Crippen molar-refractivity contribution in [1.82, 2.24) is 4.90 Å². The molecule has 0 aromatic carbocycles. The van der Waals surface area contributed by atoms with Gasteiger partial charge in [-0.3, -0.25) is 0 Å². The second-order valence-corrected chi connectivity index (χ2v) is 3.14. The van der Waals surface area contributed by atoms with E-state index in [0.717, 1.165) is 12.6 Å². The zero-order chi connectivity index (χ0) is 7.40. The van der Waals surface area contributed by atoms with Crippen LogP contribution in [-0.2, 0) is 0 Å². The third-order valence-electron chi connectivity index (χ3n) is 2.40. The Kier molecular flexibility index (Phi) is 3.16. The molecule has 0 aliphatic heterocycles. The second-order valence-electron chi connectivity index (χ2n) is 3.14. The Hall–Kier alpha value is -0.0800. The highest BCUT2D eigenvalue weighted by molar-refractivity contribution is 4.74. The van der Waals surface area contributed by atoms with Gasteiger partial charge in [-0.1, -0.05) is 12.8 Å². The van der Waals surface area contributed by atoms with E-state index in [-0.39, 0.29) is 0 Å². The minimum absolute atomic E-state index is 0.299. The number of nitrogens with zero attached hydrogens (tertiary/aromatic N) is 1. The van der Waals surface area contributed by atoms with E-state index in [9.17, 15) is 0 Å². The summed E-state index contributed by atoms with van der Waals surface area (Å²) in [5, 5.41) is 8.66. The summed E-state index contributed by atoms with van der Waals surface area (Å²) in [4.78, 5) is 2.27. The monoisotopic (exact) mass is 143 g/mol. The molecule has 1 aliphatic rings. The number of likely N-dealkylation sites (N-methyl/N-ethyl adjacent to an activating group) is 1. The van der Waals surface area contributed by atoms with Crippen LogP contribution in [0.4, 0.5) is 0 Å². The molecule has 0 saturated heterocycles. The predicted molar refractivity (Wildman–Crippen MR) is 42.0 cm³/mol. The van der Waals surface area contributed by atoms with Gasteiger partial charge in [0.15, 0.2) is 0 Å². The van der Waals surface area contributed by atoms with Crippen LogP contribution in [0.1, 0.15) is 25.7 Å². The van der Waals surface area contributed by atoms with Crippen LogP contribution >= 0.6 is 0 Å². The molecule has 0 aromatic heterocycles. The standard InChI is InChI=1S/C8H17NO/c1-9(6-7-10)8-4-2-3-5-8/h8,10H,2-7H2,1H3. The molecular formula is C8H17NO. The minimum Gasteiger partial charge on any atom is -0.395 e. The molecule has 0 unspecified atom stereocenters. The maximum atomic E-state index is 8.66. The number of aliphatic hydroxyl groups is 1. The summed E-state index contributed by atoms with van der Waals surface area (Å²) >= 11 is 0. The first-order valence-electron chi connectivity index (χ1n) is 4.15. The van der Waals surface area contributed by atoms with Gasteiger partial charge in [-0.05, 0) is 19.9 Å². The van der Waals surface area contributed by atoms with Crippen molar-refractivity contribution in [1.29, 1.82) is 0 Å². The summed E-state index contributed by atoms with van der Waals surface area (Å²) in [6.07, 6.45) is 5.41. The maximum Gasteiger partial charge on any atom is 0.0558 e. The molecule has 1 N–H and O–H groups in total. The molecule has 10 heavy (non-hydrogen) atoms. The molecule has 1 aliphatic carbocycles. The summed E-state index contributed by atoms with van der Waals surface area (Å²) in [5.74, 6) is 0. The van der Waals surface area contributed by atoms with Crippen LogP contribution in [0.2, 0.25) is 0 Å². The summed E-state index contributed by atoms with van der Waals surface area (Å²) in [5.41, 5.74) is 0. The van der Waals surface area contributed by atoms with Gasteiger partial charge in [0.2, 0.25) is 0 Å². The average Bonchev–Trinajstić information content (AvgIpc) is 2.38. The van der Waals surface area contributed by atoms with Gasteiger partial charge in [0.05, 0.1) is 6.61 Å². The molecule has 2 nitrogen and oxygen atoms in total. The summed E-state index contributed by atoms with van der Waals surface area (Å²) in [6.45, 7) is 1.14. The van der Waals surface area contributed by atoms with E-state index in [1.54, 1.807) is 0 Å². The first-order valence-corrected chi connectivity index (χ1v) is 4.15. The maximum absolute atomic E-state index is 8.66. The first kappa shape index (κ1) is 8.02. The van der Waals surface area contributed by atoms with Gasteiger partial charge in [-0.2, -0.15) is 0 Å². The molecule has 0 aromatic rings. The van der Waals surface area contributed by atoms with Gasteiger partial charge in [0.25, 0.3) is 0 Å². The van der Waals surface area contributed by atoms with Crippen molar-refractivity contribution >= 4 is 0 Å². The first-order chi connectivity index (χ1) is 4.84. The fourth-order valence-electron chi connectivity index (χ4n) is 1.69. The molecule has 1 saturated carbocycles.